The van der Waals surface area contributed by atoms with Gasteiger partial charge in [0.25, 0.3) is 5.91 Å². The quantitative estimate of drug-likeness (QED) is 0.774. The van der Waals surface area contributed by atoms with Crippen LogP contribution in [0.15, 0.2) is 27.6 Å². The molecule has 0 unspecified atom stereocenters. The molecular formula is C15H19NO5. The Kier molecular flexibility index (Phi) is 4.16. The van der Waals surface area contributed by atoms with Crippen LogP contribution in [0.5, 0.6) is 0 Å². The number of amides is 1. The molecule has 1 aliphatic heterocycles. The number of ether oxygens (including phenoxy) is 1. The molecule has 0 bridgehead atoms. The predicted molar refractivity (Wildman–Crippen MR) is 74.9 cm³/mol. The third-order valence-corrected chi connectivity index (χ3v) is 3.14. The minimum atomic E-state index is -0.589. The molecule has 1 fully saturated rings. The summed E-state index contributed by atoms with van der Waals surface area (Å²) < 4.78 is 10.0. The van der Waals surface area contributed by atoms with Crippen molar-refractivity contribution in [2.45, 2.75) is 45.3 Å². The van der Waals surface area contributed by atoms with E-state index in [9.17, 15) is 14.4 Å². The maximum atomic E-state index is 12.4. The van der Waals surface area contributed by atoms with Gasteiger partial charge >= 0.3 is 11.6 Å². The smallest absolute Gasteiger partial charge is 0.335 e. The lowest BCUT2D eigenvalue weighted by atomic mass is 10.1. The van der Waals surface area contributed by atoms with Gasteiger partial charge in [0.1, 0.15) is 17.9 Å². The first-order valence-corrected chi connectivity index (χ1v) is 6.90. The summed E-state index contributed by atoms with van der Waals surface area (Å²) in [7, 11) is 0. The van der Waals surface area contributed by atoms with Crippen LogP contribution in [-0.2, 0) is 9.53 Å². The van der Waals surface area contributed by atoms with E-state index in [2.05, 4.69) is 0 Å². The molecular weight excluding hydrogens is 274 g/mol. The number of likely N-dealkylation sites (tertiary alicyclic amines) is 1. The van der Waals surface area contributed by atoms with Crippen LogP contribution in [0.1, 0.15) is 44.0 Å². The standard InChI is InChI=1S/C15H19NO5/c1-15(2,3)21-14(19)11-5-4-8-16(11)13(18)10-6-7-12(17)20-9-10/h6-7,9,11H,4-5,8H2,1-3H3/t11-/m0/s1. The van der Waals surface area contributed by atoms with E-state index in [1.807, 2.05) is 0 Å². The number of esters is 1. The fourth-order valence-corrected chi connectivity index (χ4v) is 2.27. The molecule has 0 spiro atoms. The second-order valence-electron chi connectivity index (χ2n) is 6.03. The molecule has 1 atom stereocenters. The average Bonchev–Trinajstić information content (AvgIpc) is 2.86. The summed E-state index contributed by atoms with van der Waals surface area (Å²) >= 11 is 0. The van der Waals surface area contributed by atoms with Crippen molar-refractivity contribution < 1.29 is 18.7 Å². The van der Waals surface area contributed by atoms with Gasteiger partial charge in [-0.1, -0.05) is 0 Å². The SMILES string of the molecule is CC(C)(C)OC(=O)[C@@H]1CCCN1C(=O)c1ccc(=O)oc1. The van der Waals surface area contributed by atoms with E-state index in [4.69, 9.17) is 9.15 Å². The predicted octanol–water partition coefficient (Wildman–Crippen LogP) is 1.59. The van der Waals surface area contributed by atoms with Crippen LogP contribution in [-0.4, -0.2) is 35.0 Å². The molecule has 1 saturated heterocycles. The van der Waals surface area contributed by atoms with Crippen LogP contribution < -0.4 is 5.63 Å². The summed E-state index contributed by atoms with van der Waals surface area (Å²) in [5.41, 5.74) is -0.852. The number of carbonyl (C=O) groups excluding carboxylic acids is 2. The molecule has 114 valence electrons. The Balaban J connectivity index is 2.14. The van der Waals surface area contributed by atoms with Gasteiger partial charge in [-0.2, -0.15) is 0 Å². The highest BCUT2D eigenvalue weighted by Crippen LogP contribution is 2.23. The molecule has 1 aromatic heterocycles. The monoisotopic (exact) mass is 293 g/mol. The summed E-state index contributed by atoms with van der Waals surface area (Å²) in [4.78, 5) is 37.0. The van der Waals surface area contributed by atoms with Crippen LogP contribution in [0.25, 0.3) is 0 Å². The van der Waals surface area contributed by atoms with Crippen molar-refractivity contribution in [2.75, 3.05) is 6.54 Å². The molecule has 6 heteroatoms. The molecule has 0 radical (unpaired) electrons. The first kappa shape index (κ1) is 15.3. The number of carbonyl (C=O) groups is 2. The second-order valence-corrected chi connectivity index (χ2v) is 6.03. The van der Waals surface area contributed by atoms with Crippen LogP contribution in [0.2, 0.25) is 0 Å². The lowest BCUT2D eigenvalue weighted by Crippen LogP contribution is -2.43. The highest BCUT2D eigenvalue weighted by Gasteiger charge is 2.37. The zero-order chi connectivity index (χ0) is 15.6. The molecule has 0 saturated carbocycles. The minimum absolute atomic E-state index is 0.255. The normalized spacial score (nSPS) is 18.6. The average molecular weight is 293 g/mol. The minimum Gasteiger partial charge on any atom is -0.458 e. The van der Waals surface area contributed by atoms with Gasteiger partial charge in [-0.15, -0.1) is 0 Å². The zero-order valence-electron chi connectivity index (χ0n) is 12.4. The molecule has 1 amide bonds. The molecule has 0 N–H and O–H groups in total. The molecule has 0 aromatic carbocycles. The third kappa shape index (κ3) is 3.71. The van der Waals surface area contributed by atoms with Gasteiger partial charge in [-0.25, -0.2) is 9.59 Å². The van der Waals surface area contributed by atoms with E-state index < -0.39 is 23.2 Å². The maximum absolute atomic E-state index is 12.4. The van der Waals surface area contributed by atoms with Crippen molar-refractivity contribution in [3.8, 4) is 0 Å². The summed E-state index contributed by atoms with van der Waals surface area (Å²) in [6, 6.07) is 2.01. The number of hydrogen-bond acceptors (Lipinski definition) is 5. The topological polar surface area (TPSA) is 76.8 Å². The highest BCUT2D eigenvalue weighted by molar-refractivity contribution is 5.96. The van der Waals surface area contributed by atoms with Crippen molar-refractivity contribution in [2.24, 2.45) is 0 Å². The van der Waals surface area contributed by atoms with Crippen LogP contribution in [0.3, 0.4) is 0 Å². The van der Waals surface area contributed by atoms with E-state index >= 15 is 0 Å². The summed E-state index contributed by atoms with van der Waals surface area (Å²) in [6.45, 7) is 5.86. The van der Waals surface area contributed by atoms with Crippen molar-refractivity contribution >= 4 is 11.9 Å². The molecule has 2 rings (SSSR count). The molecule has 21 heavy (non-hydrogen) atoms. The van der Waals surface area contributed by atoms with Gasteiger partial charge in [0.2, 0.25) is 0 Å². The highest BCUT2D eigenvalue weighted by atomic mass is 16.6. The summed E-state index contributed by atoms with van der Waals surface area (Å²) in [5, 5.41) is 0. The number of rotatable bonds is 2. The van der Waals surface area contributed by atoms with Crippen LogP contribution in [0.4, 0.5) is 0 Å². The van der Waals surface area contributed by atoms with Gasteiger partial charge < -0.3 is 14.1 Å². The van der Waals surface area contributed by atoms with Gasteiger partial charge in [0, 0.05) is 12.6 Å². The van der Waals surface area contributed by atoms with Crippen LogP contribution >= 0.6 is 0 Å². The van der Waals surface area contributed by atoms with Crippen LogP contribution in [0, 0.1) is 0 Å². The Labute approximate surface area is 122 Å². The van der Waals surface area contributed by atoms with E-state index in [1.54, 1.807) is 20.8 Å². The first-order valence-electron chi connectivity index (χ1n) is 6.90. The Bertz CT molecular complexity index is 578. The van der Waals surface area contributed by atoms with Crippen molar-refractivity contribution in [3.05, 3.63) is 34.4 Å². The number of hydrogen-bond donors (Lipinski definition) is 0. The molecule has 1 aliphatic rings. The lowest BCUT2D eigenvalue weighted by Gasteiger charge is -2.27. The summed E-state index contributed by atoms with van der Waals surface area (Å²) in [6.07, 6.45) is 2.44. The van der Waals surface area contributed by atoms with E-state index in [-0.39, 0.29) is 11.5 Å². The fourth-order valence-electron chi connectivity index (χ4n) is 2.27. The Morgan fingerprint density at radius 1 is 1.33 bits per heavy atom. The van der Waals surface area contributed by atoms with E-state index in [1.165, 1.54) is 17.0 Å². The lowest BCUT2D eigenvalue weighted by molar-refractivity contribution is -0.159. The molecule has 1 aromatic rings. The summed E-state index contributed by atoms with van der Waals surface area (Å²) in [5.74, 6) is -0.724. The number of nitrogens with zero attached hydrogens (tertiary/aromatic N) is 1. The van der Waals surface area contributed by atoms with Crippen molar-refractivity contribution in [1.82, 2.24) is 4.90 Å². The maximum Gasteiger partial charge on any atom is 0.335 e. The second kappa shape index (κ2) is 5.71. The fraction of sp³-hybridized carbons (Fsp3) is 0.533. The van der Waals surface area contributed by atoms with Gasteiger partial charge in [-0.05, 0) is 39.7 Å². The Morgan fingerprint density at radius 3 is 2.62 bits per heavy atom. The van der Waals surface area contributed by atoms with Gasteiger partial charge in [-0.3, -0.25) is 4.79 Å². The van der Waals surface area contributed by atoms with Gasteiger partial charge in [0.05, 0.1) is 5.56 Å². The molecule has 2 heterocycles. The van der Waals surface area contributed by atoms with E-state index in [0.29, 0.717) is 13.0 Å². The molecule has 6 nitrogen and oxygen atoms in total. The zero-order valence-corrected chi connectivity index (χ0v) is 12.4. The largest absolute Gasteiger partial charge is 0.458 e. The Morgan fingerprint density at radius 2 is 2.05 bits per heavy atom. The van der Waals surface area contributed by atoms with E-state index in [0.717, 1.165) is 12.7 Å². The van der Waals surface area contributed by atoms with Crippen molar-refractivity contribution in [1.29, 1.82) is 0 Å². The molecule has 0 aliphatic carbocycles. The van der Waals surface area contributed by atoms with Gasteiger partial charge in [0.15, 0.2) is 0 Å². The first-order chi connectivity index (χ1) is 9.78. The van der Waals surface area contributed by atoms with Crippen molar-refractivity contribution in [3.63, 3.8) is 0 Å². The third-order valence-electron chi connectivity index (χ3n) is 3.14. The Hall–Kier alpha value is -2.11.